The van der Waals surface area contributed by atoms with Crippen molar-refractivity contribution in [3.63, 3.8) is 0 Å². The van der Waals surface area contributed by atoms with Gasteiger partial charge in [0.15, 0.2) is 0 Å². The van der Waals surface area contributed by atoms with E-state index in [1.54, 1.807) is 12.1 Å². The molecule has 0 aliphatic rings. The van der Waals surface area contributed by atoms with Crippen molar-refractivity contribution in [2.45, 2.75) is 71.3 Å². The van der Waals surface area contributed by atoms with Crippen LogP contribution in [0.1, 0.15) is 86.4 Å². The lowest BCUT2D eigenvalue weighted by Crippen LogP contribution is -2.28. The molecule has 0 saturated heterocycles. The molecule has 0 bridgehead atoms. The van der Waals surface area contributed by atoms with Crippen LogP contribution in [0.5, 0.6) is 0 Å². The van der Waals surface area contributed by atoms with E-state index in [2.05, 4.69) is 6.92 Å². The van der Waals surface area contributed by atoms with E-state index in [1.807, 2.05) is 13.8 Å². The number of aromatic carboxylic acids is 1. The third kappa shape index (κ3) is 6.85. The Kier molecular flexibility index (Phi) is 7.79. The van der Waals surface area contributed by atoms with Crippen LogP contribution in [-0.4, -0.2) is 22.6 Å². The number of carboxylic acids is 1. The van der Waals surface area contributed by atoms with Crippen LogP contribution in [0, 0.1) is 0 Å². The first-order valence-electron chi connectivity index (χ1n) is 8.43. The van der Waals surface area contributed by atoms with Gasteiger partial charge in [-0.3, -0.25) is 0 Å². The van der Waals surface area contributed by atoms with Crippen LogP contribution in [0.2, 0.25) is 0 Å². The molecule has 4 nitrogen and oxygen atoms in total. The summed E-state index contributed by atoms with van der Waals surface area (Å²) in [5.41, 5.74) is -0.503. The number of rotatable bonds is 10. The van der Waals surface area contributed by atoms with E-state index >= 15 is 0 Å². The van der Waals surface area contributed by atoms with Crippen LogP contribution in [0.3, 0.4) is 0 Å². The minimum atomic E-state index is -1.12. The second-order valence-electron chi connectivity index (χ2n) is 6.52. The summed E-state index contributed by atoms with van der Waals surface area (Å²) in [5.74, 6) is -1.69. The molecule has 0 aliphatic carbocycles. The Morgan fingerprint density at radius 3 is 2.17 bits per heavy atom. The van der Waals surface area contributed by atoms with Gasteiger partial charge in [-0.05, 0) is 38.8 Å². The van der Waals surface area contributed by atoms with Gasteiger partial charge < -0.3 is 9.84 Å². The second kappa shape index (κ2) is 9.33. The Balaban J connectivity index is 2.53. The van der Waals surface area contributed by atoms with E-state index in [4.69, 9.17) is 9.84 Å². The number of unbranched alkanes of at least 4 members (excludes halogenated alkanes) is 5. The lowest BCUT2D eigenvalue weighted by Gasteiger charge is -2.25. The Bertz CT molecular complexity index is 520. The molecule has 0 saturated carbocycles. The van der Waals surface area contributed by atoms with Crippen LogP contribution in [-0.2, 0) is 4.74 Å². The molecule has 0 atom stereocenters. The number of benzene rings is 1. The smallest absolute Gasteiger partial charge is 0.339 e. The fraction of sp³-hybridized carbons (Fsp3) is 0.579. The maximum atomic E-state index is 12.3. The summed E-state index contributed by atoms with van der Waals surface area (Å²) in [5, 5.41) is 9.15. The predicted molar refractivity (Wildman–Crippen MR) is 90.9 cm³/mol. The molecule has 0 radical (unpaired) electrons. The van der Waals surface area contributed by atoms with Crippen molar-refractivity contribution < 1.29 is 19.4 Å². The van der Waals surface area contributed by atoms with Gasteiger partial charge in [-0.1, -0.05) is 51.2 Å². The molecular formula is C19H28O4. The number of ether oxygens (including phenoxy) is 1. The van der Waals surface area contributed by atoms with E-state index in [1.165, 1.54) is 37.8 Å². The molecule has 0 aliphatic heterocycles. The average molecular weight is 320 g/mol. The maximum Gasteiger partial charge on any atom is 0.339 e. The largest absolute Gasteiger partial charge is 0.478 e. The van der Waals surface area contributed by atoms with Crippen molar-refractivity contribution in [1.29, 1.82) is 0 Å². The SMILES string of the molecule is CCCCCCCCC(C)(C)OC(=O)c1ccccc1C(=O)O. The van der Waals surface area contributed by atoms with Gasteiger partial charge in [0, 0.05) is 0 Å². The number of carbonyl (C=O) groups excluding carboxylic acids is 1. The summed E-state index contributed by atoms with van der Waals surface area (Å²) in [7, 11) is 0. The Morgan fingerprint density at radius 1 is 1.00 bits per heavy atom. The molecule has 0 unspecified atom stereocenters. The zero-order valence-corrected chi connectivity index (χ0v) is 14.4. The van der Waals surface area contributed by atoms with E-state index in [0.717, 1.165) is 19.3 Å². The minimum Gasteiger partial charge on any atom is -0.478 e. The summed E-state index contributed by atoms with van der Waals surface area (Å²) in [4.78, 5) is 23.5. The van der Waals surface area contributed by atoms with Crippen molar-refractivity contribution >= 4 is 11.9 Å². The number of carbonyl (C=O) groups is 2. The van der Waals surface area contributed by atoms with Gasteiger partial charge >= 0.3 is 11.9 Å². The average Bonchev–Trinajstić information content (AvgIpc) is 2.50. The zero-order chi connectivity index (χ0) is 17.3. The third-order valence-corrected chi connectivity index (χ3v) is 3.88. The molecule has 128 valence electrons. The highest BCUT2D eigenvalue weighted by Crippen LogP contribution is 2.22. The summed E-state index contributed by atoms with van der Waals surface area (Å²) < 4.78 is 5.54. The Labute approximate surface area is 138 Å². The van der Waals surface area contributed by atoms with Crippen molar-refractivity contribution in [3.8, 4) is 0 Å². The first-order chi connectivity index (χ1) is 10.9. The normalized spacial score (nSPS) is 11.3. The molecule has 1 aromatic carbocycles. The molecule has 4 heteroatoms. The molecule has 0 spiro atoms. The van der Waals surface area contributed by atoms with Crippen molar-refractivity contribution in [2.24, 2.45) is 0 Å². The van der Waals surface area contributed by atoms with Gasteiger partial charge in [-0.25, -0.2) is 9.59 Å². The van der Waals surface area contributed by atoms with Crippen LogP contribution >= 0.6 is 0 Å². The van der Waals surface area contributed by atoms with Gasteiger partial charge in [-0.2, -0.15) is 0 Å². The number of esters is 1. The fourth-order valence-electron chi connectivity index (χ4n) is 2.54. The molecule has 0 heterocycles. The van der Waals surface area contributed by atoms with E-state index in [-0.39, 0.29) is 11.1 Å². The molecule has 1 rings (SSSR count). The van der Waals surface area contributed by atoms with Gasteiger partial charge in [0.05, 0.1) is 11.1 Å². The van der Waals surface area contributed by atoms with Gasteiger partial charge in [-0.15, -0.1) is 0 Å². The van der Waals surface area contributed by atoms with Gasteiger partial charge in [0.25, 0.3) is 0 Å². The molecule has 0 fully saturated rings. The minimum absolute atomic E-state index is 0.0205. The van der Waals surface area contributed by atoms with Gasteiger partial charge in [0.1, 0.15) is 5.60 Å². The molecular weight excluding hydrogens is 292 g/mol. The quantitative estimate of drug-likeness (QED) is 0.483. The summed E-state index contributed by atoms with van der Waals surface area (Å²) in [6, 6.07) is 6.15. The summed E-state index contributed by atoms with van der Waals surface area (Å²) in [6.45, 7) is 5.94. The lowest BCUT2D eigenvalue weighted by molar-refractivity contribution is -0.00579. The van der Waals surface area contributed by atoms with E-state index in [9.17, 15) is 9.59 Å². The highest BCUT2D eigenvalue weighted by molar-refractivity contribution is 6.02. The Hall–Kier alpha value is -1.84. The monoisotopic (exact) mass is 320 g/mol. The molecule has 1 N–H and O–H groups in total. The third-order valence-electron chi connectivity index (χ3n) is 3.88. The summed E-state index contributed by atoms with van der Waals surface area (Å²) >= 11 is 0. The topological polar surface area (TPSA) is 63.6 Å². The van der Waals surface area contributed by atoms with E-state index in [0.29, 0.717) is 0 Å². The highest BCUT2D eigenvalue weighted by Gasteiger charge is 2.25. The molecule has 1 aromatic rings. The second-order valence-corrected chi connectivity index (χ2v) is 6.52. The van der Waals surface area contributed by atoms with Crippen LogP contribution < -0.4 is 0 Å². The van der Waals surface area contributed by atoms with Crippen molar-refractivity contribution in [1.82, 2.24) is 0 Å². The van der Waals surface area contributed by atoms with Crippen LogP contribution in [0.25, 0.3) is 0 Å². The van der Waals surface area contributed by atoms with Crippen LogP contribution in [0.4, 0.5) is 0 Å². The first-order valence-corrected chi connectivity index (χ1v) is 8.43. The van der Waals surface area contributed by atoms with Crippen molar-refractivity contribution in [3.05, 3.63) is 35.4 Å². The fourth-order valence-corrected chi connectivity index (χ4v) is 2.54. The summed E-state index contributed by atoms with van der Waals surface area (Å²) in [6.07, 6.45) is 7.87. The predicted octanol–water partition coefficient (Wildman–Crippen LogP) is 5.07. The Morgan fingerprint density at radius 2 is 1.57 bits per heavy atom. The zero-order valence-electron chi connectivity index (χ0n) is 14.4. The van der Waals surface area contributed by atoms with Crippen LogP contribution in [0.15, 0.2) is 24.3 Å². The van der Waals surface area contributed by atoms with Crippen molar-refractivity contribution in [2.75, 3.05) is 0 Å². The molecule has 23 heavy (non-hydrogen) atoms. The standard InChI is InChI=1S/C19H28O4/c1-4-5-6-7-8-11-14-19(2,3)23-18(22)16-13-10-9-12-15(16)17(20)21/h9-10,12-13H,4-8,11,14H2,1-3H3,(H,20,21). The van der Waals surface area contributed by atoms with Gasteiger partial charge in [0.2, 0.25) is 0 Å². The first kappa shape index (κ1) is 19.2. The molecule has 0 aromatic heterocycles. The maximum absolute atomic E-state index is 12.3. The number of hydrogen-bond acceptors (Lipinski definition) is 3. The number of hydrogen-bond donors (Lipinski definition) is 1. The lowest BCUT2D eigenvalue weighted by atomic mass is 9.99. The highest BCUT2D eigenvalue weighted by atomic mass is 16.6. The number of carboxylic acid groups (broad SMARTS) is 1. The molecule has 0 amide bonds. The van der Waals surface area contributed by atoms with E-state index < -0.39 is 17.5 Å².